The van der Waals surface area contributed by atoms with Crippen LogP contribution in [-0.2, 0) is 0 Å². The first-order valence-corrected chi connectivity index (χ1v) is 4.67. The van der Waals surface area contributed by atoms with Crippen molar-refractivity contribution in [2.24, 2.45) is 5.73 Å². The average Bonchev–Trinajstić information content (AvgIpc) is 2.08. The van der Waals surface area contributed by atoms with Crippen LogP contribution in [0, 0.1) is 12.7 Å². The molecule has 0 bridgehead atoms. The largest absolute Gasteiger partial charge is 0.323 e. The van der Waals surface area contributed by atoms with E-state index in [4.69, 9.17) is 5.73 Å². The summed E-state index contributed by atoms with van der Waals surface area (Å²) in [6.07, 6.45) is 0. The zero-order valence-electron chi connectivity index (χ0n) is 8.92. The van der Waals surface area contributed by atoms with Crippen molar-refractivity contribution >= 4 is 0 Å². The predicted octanol–water partition coefficient (Wildman–Crippen LogP) is 1.70. The topological polar surface area (TPSA) is 29.3 Å². The molecule has 1 rings (SSSR count). The van der Waals surface area contributed by atoms with E-state index in [1.807, 2.05) is 25.1 Å². The summed E-state index contributed by atoms with van der Waals surface area (Å²) in [5, 5.41) is 0. The number of halogens is 1. The Morgan fingerprint density at radius 1 is 1.43 bits per heavy atom. The summed E-state index contributed by atoms with van der Waals surface area (Å²) in [5.41, 5.74) is 7.58. The first-order valence-electron chi connectivity index (χ1n) is 4.67. The van der Waals surface area contributed by atoms with Crippen LogP contribution in [-0.4, -0.2) is 25.5 Å². The lowest BCUT2D eigenvalue weighted by atomic mass is 10.0. The standard InChI is InChI=1S/C11H17FN2/c1-8-6-9(4-5-10(8)12)11(13)7-14(2)3/h4-6,11H,7,13H2,1-3H3. The van der Waals surface area contributed by atoms with Crippen molar-refractivity contribution in [1.29, 1.82) is 0 Å². The molecular weight excluding hydrogens is 179 g/mol. The van der Waals surface area contributed by atoms with E-state index in [1.165, 1.54) is 6.07 Å². The van der Waals surface area contributed by atoms with Gasteiger partial charge in [-0.15, -0.1) is 0 Å². The van der Waals surface area contributed by atoms with Crippen molar-refractivity contribution in [2.75, 3.05) is 20.6 Å². The Balaban J connectivity index is 2.80. The second-order valence-corrected chi connectivity index (χ2v) is 3.88. The maximum absolute atomic E-state index is 13.0. The van der Waals surface area contributed by atoms with E-state index in [0.29, 0.717) is 5.56 Å². The van der Waals surface area contributed by atoms with Crippen LogP contribution in [0.15, 0.2) is 18.2 Å². The molecule has 0 saturated heterocycles. The molecule has 2 nitrogen and oxygen atoms in total. The maximum atomic E-state index is 13.0. The van der Waals surface area contributed by atoms with E-state index in [1.54, 1.807) is 13.0 Å². The van der Waals surface area contributed by atoms with Crippen LogP contribution in [0.3, 0.4) is 0 Å². The summed E-state index contributed by atoms with van der Waals surface area (Å²) >= 11 is 0. The van der Waals surface area contributed by atoms with Crippen molar-refractivity contribution in [3.05, 3.63) is 35.1 Å². The highest BCUT2D eigenvalue weighted by atomic mass is 19.1. The molecule has 2 N–H and O–H groups in total. The summed E-state index contributed by atoms with van der Waals surface area (Å²) in [5.74, 6) is -0.175. The Bertz CT molecular complexity index is 310. The van der Waals surface area contributed by atoms with Crippen molar-refractivity contribution in [3.63, 3.8) is 0 Å². The molecule has 14 heavy (non-hydrogen) atoms. The molecule has 0 radical (unpaired) electrons. The second kappa shape index (κ2) is 4.53. The molecule has 0 aliphatic heterocycles. The Labute approximate surface area is 84.5 Å². The predicted molar refractivity (Wildman–Crippen MR) is 56.6 cm³/mol. The summed E-state index contributed by atoms with van der Waals surface area (Å²) in [4.78, 5) is 2.02. The Morgan fingerprint density at radius 3 is 2.57 bits per heavy atom. The van der Waals surface area contributed by atoms with E-state index in [2.05, 4.69) is 0 Å². The smallest absolute Gasteiger partial charge is 0.126 e. The number of hydrogen-bond donors (Lipinski definition) is 1. The summed E-state index contributed by atoms with van der Waals surface area (Å²) in [6, 6.07) is 4.98. The van der Waals surface area contributed by atoms with Gasteiger partial charge in [-0.05, 0) is 38.2 Å². The van der Waals surface area contributed by atoms with E-state index in [9.17, 15) is 4.39 Å². The first-order chi connectivity index (χ1) is 6.50. The number of hydrogen-bond acceptors (Lipinski definition) is 2. The molecule has 0 aromatic heterocycles. The quantitative estimate of drug-likeness (QED) is 0.797. The third-order valence-electron chi connectivity index (χ3n) is 2.17. The van der Waals surface area contributed by atoms with Crippen molar-refractivity contribution in [2.45, 2.75) is 13.0 Å². The zero-order valence-corrected chi connectivity index (χ0v) is 8.92. The van der Waals surface area contributed by atoms with Gasteiger partial charge in [0.05, 0.1) is 0 Å². The average molecular weight is 196 g/mol. The molecule has 0 heterocycles. The van der Waals surface area contributed by atoms with Gasteiger partial charge in [-0.25, -0.2) is 4.39 Å². The molecule has 1 atom stereocenters. The van der Waals surface area contributed by atoms with Gasteiger partial charge in [0, 0.05) is 12.6 Å². The zero-order chi connectivity index (χ0) is 10.7. The lowest BCUT2D eigenvalue weighted by Gasteiger charge is -2.17. The Hall–Kier alpha value is -0.930. The number of likely N-dealkylation sites (N-methyl/N-ethyl adjacent to an activating group) is 1. The minimum Gasteiger partial charge on any atom is -0.323 e. The van der Waals surface area contributed by atoms with Gasteiger partial charge in [0.2, 0.25) is 0 Å². The van der Waals surface area contributed by atoms with Gasteiger partial charge in [0.25, 0.3) is 0 Å². The van der Waals surface area contributed by atoms with E-state index < -0.39 is 0 Å². The van der Waals surface area contributed by atoms with Crippen LogP contribution in [0.25, 0.3) is 0 Å². The molecule has 0 aliphatic rings. The second-order valence-electron chi connectivity index (χ2n) is 3.88. The third-order valence-corrected chi connectivity index (χ3v) is 2.17. The molecule has 0 saturated carbocycles. The van der Waals surface area contributed by atoms with Crippen LogP contribution in [0.1, 0.15) is 17.2 Å². The van der Waals surface area contributed by atoms with Crippen LogP contribution in [0.4, 0.5) is 4.39 Å². The SMILES string of the molecule is Cc1cc(C(N)CN(C)C)ccc1F. The number of benzene rings is 1. The van der Waals surface area contributed by atoms with Gasteiger partial charge in [0.1, 0.15) is 5.82 Å². The molecule has 1 unspecified atom stereocenters. The molecule has 78 valence electrons. The van der Waals surface area contributed by atoms with Gasteiger partial charge in [-0.2, -0.15) is 0 Å². The van der Waals surface area contributed by atoms with E-state index in [-0.39, 0.29) is 11.9 Å². The Kier molecular flexibility index (Phi) is 3.61. The number of aryl methyl sites for hydroxylation is 1. The highest BCUT2D eigenvalue weighted by Crippen LogP contribution is 2.15. The molecule has 0 amide bonds. The van der Waals surface area contributed by atoms with Gasteiger partial charge < -0.3 is 10.6 Å². The molecular formula is C11H17FN2. The molecule has 1 aromatic carbocycles. The van der Waals surface area contributed by atoms with Crippen LogP contribution < -0.4 is 5.73 Å². The summed E-state index contributed by atoms with van der Waals surface area (Å²) < 4.78 is 13.0. The minimum atomic E-state index is -0.175. The van der Waals surface area contributed by atoms with Crippen LogP contribution in [0.2, 0.25) is 0 Å². The molecule has 0 spiro atoms. The lowest BCUT2D eigenvalue weighted by molar-refractivity contribution is 0.376. The van der Waals surface area contributed by atoms with Crippen molar-refractivity contribution in [3.8, 4) is 0 Å². The molecule has 3 heteroatoms. The normalized spacial score (nSPS) is 13.3. The fourth-order valence-electron chi connectivity index (χ4n) is 1.40. The number of rotatable bonds is 3. The van der Waals surface area contributed by atoms with E-state index >= 15 is 0 Å². The Morgan fingerprint density at radius 2 is 2.07 bits per heavy atom. The number of nitrogens with two attached hydrogens (primary N) is 1. The monoisotopic (exact) mass is 196 g/mol. The first kappa shape index (κ1) is 11.1. The van der Waals surface area contributed by atoms with Gasteiger partial charge >= 0.3 is 0 Å². The molecule has 0 aliphatic carbocycles. The third kappa shape index (κ3) is 2.79. The highest BCUT2D eigenvalue weighted by Gasteiger charge is 2.08. The van der Waals surface area contributed by atoms with Gasteiger partial charge in [-0.1, -0.05) is 12.1 Å². The summed E-state index contributed by atoms with van der Waals surface area (Å²) in [7, 11) is 3.94. The van der Waals surface area contributed by atoms with Gasteiger partial charge in [-0.3, -0.25) is 0 Å². The lowest BCUT2D eigenvalue weighted by Crippen LogP contribution is -2.26. The fourth-order valence-corrected chi connectivity index (χ4v) is 1.40. The highest BCUT2D eigenvalue weighted by molar-refractivity contribution is 5.26. The van der Waals surface area contributed by atoms with Crippen molar-refractivity contribution < 1.29 is 4.39 Å². The number of nitrogens with zero attached hydrogens (tertiary/aromatic N) is 1. The fraction of sp³-hybridized carbons (Fsp3) is 0.455. The summed E-state index contributed by atoms with van der Waals surface area (Å²) in [6.45, 7) is 2.52. The minimum absolute atomic E-state index is 0.0516. The molecule has 0 fully saturated rings. The van der Waals surface area contributed by atoms with Gasteiger partial charge in [0.15, 0.2) is 0 Å². The van der Waals surface area contributed by atoms with Crippen LogP contribution in [0.5, 0.6) is 0 Å². The maximum Gasteiger partial charge on any atom is 0.126 e. The van der Waals surface area contributed by atoms with Crippen LogP contribution >= 0.6 is 0 Å². The van der Waals surface area contributed by atoms with Crippen molar-refractivity contribution in [1.82, 2.24) is 4.90 Å². The van der Waals surface area contributed by atoms with E-state index in [0.717, 1.165) is 12.1 Å². The molecule has 1 aromatic rings.